The van der Waals surface area contributed by atoms with Crippen LogP contribution < -0.4 is 14.8 Å². The fraction of sp³-hybridized carbons (Fsp3) is 0.562. The zero-order valence-electron chi connectivity index (χ0n) is 14.2. The van der Waals surface area contributed by atoms with Gasteiger partial charge in [0.25, 0.3) is 0 Å². The van der Waals surface area contributed by atoms with Gasteiger partial charge in [0.1, 0.15) is 11.5 Å². The first-order chi connectivity index (χ1) is 11.3. The largest absolute Gasteiger partial charge is 0.497 e. The maximum Gasteiger partial charge on any atom is 0.224 e. The van der Waals surface area contributed by atoms with Crippen LogP contribution >= 0.6 is 0 Å². The summed E-state index contributed by atoms with van der Waals surface area (Å²) in [5.41, 5.74) is 0.806. The van der Waals surface area contributed by atoms with Crippen molar-refractivity contribution in [3.05, 3.63) is 23.8 Å². The Balaban J connectivity index is 2.00. The molecule has 134 valence electrons. The molecule has 1 fully saturated rings. The summed E-state index contributed by atoms with van der Waals surface area (Å²) in [5.74, 6) is 0.872. The Labute approximate surface area is 143 Å². The van der Waals surface area contributed by atoms with Crippen LogP contribution in [0.3, 0.4) is 0 Å². The van der Waals surface area contributed by atoms with Gasteiger partial charge in [-0.1, -0.05) is 0 Å². The number of rotatable bonds is 6. The molecule has 1 aliphatic heterocycles. The molecule has 1 aromatic rings. The second-order valence-electron chi connectivity index (χ2n) is 5.86. The molecule has 0 aliphatic carbocycles. The first kappa shape index (κ1) is 18.5. The highest BCUT2D eigenvalue weighted by Crippen LogP contribution is 2.24. The number of piperidine rings is 1. The van der Waals surface area contributed by atoms with Crippen LogP contribution in [-0.4, -0.2) is 52.2 Å². The van der Waals surface area contributed by atoms with Crippen LogP contribution in [0.25, 0.3) is 0 Å². The van der Waals surface area contributed by atoms with Gasteiger partial charge in [-0.25, -0.2) is 12.7 Å². The number of ether oxygens (including phenoxy) is 2. The summed E-state index contributed by atoms with van der Waals surface area (Å²) in [4.78, 5) is 12.4. The highest BCUT2D eigenvalue weighted by molar-refractivity contribution is 7.88. The molecular formula is C16H24N2O5S. The third-order valence-corrected chi connectivity index (χ3v) is 5.43. The van der Waals surface area contributed by atoms with Gasteiger partial charge in [0.05, 0.1) is 26.4 Å². The molecule has 1 heterocycles. The number of carbonyl (C=O) groups excluding carboxylic acids is 1. The van der Waals surface area contributed by atoms with Gasteiger partial charge in [0, 0.05) is 25.2 Å². The number of nitrogens with zero attached hydrogens (tertiary/aromatic N) is 1. The molecule has 0 bridgehead atoms. The lowest BCUT2D eigenvalue weighted by atomic mass is 9.98. The summed E-state index contributed by atoms with van der Waals surface area (Å²) < 4.78 is 35.1. The Kier molecular flexibility index (Phi) is 6.06. The predicted molar refractivity (Wildman–Crippen MR) is 90.5 cm³/mol. The molecule has 0 spiro atoms. The lowest BCUT2D eigenvalue weighted by Gasteiger charge is -2.30. The number of hydrogen-bond acceptors (Lipinski definition) is 5. The van der Waals surface area contributed by atoms with Gasteiger partial charge in [-0.05, 0) is 31.0 Å². The van der Waals surface area contributed by atoms with Gasteiger partial charge in [0.2, 0.25) is 15.9 Å². The van der Waals surface area contributed by atoms with Crippen molar-refractivity contribution < 1.29 is 22.7 Å². The number of methoxy groups -OCH3 is 2. The van der Waals surface area contributed by atoms with E-state index in [1.165, 1.54) is 10.6 Å². The number of hydrogen-bond donors (Lipinski definition) is 1. The maximum absolute atomic E-state index is 12.4. The molecular weight excluding hydrogens is 332 g/mol. The van der Waals surface area contributed by atoms with Crippen LogP contribution in [0.1, 0.15) is 18.4 Å². The van der Waals surface area contributed by atoms with Crippen molar-refractivity contribution in [1.82, 2.24) is 9.62 Å². The SMILES string of the molecule is COc1ccc(OC)c(CNC(=O)C2CCCN(S(C)(=O)=O)C2)c1. The zero-order chi connectivity index (χ0) is 17.7. The number of benzene rings is 1. The third kappa shape index (κ3) is 4.61. The van der Waals surface area contributed by atoms with Crippen molar-refractivity contribution in [1.29, 1.82) is 0 Å². The molecule has 0 aromatic heterocycles. The molecule has 2 rings (SSSR count). The van der Waals surface area contributed by atoms with Crippen molar-refractivity contribution in [2.24, 2.45) is 5.92 Å². The average molecular weight is 356 g/mol. The van der Waals surface area contributed by atoms with E-state index in [0.717, 1.165) is 5.56 Å². The van der Waals surface area contributed by atoms with Crippen molar-refractivity contribution in [3.8, 4) is 11.5 Å². The fourth-order valence-electron chi connectivity index (χ4n) is 2.80. The summed E-state index contributed by atoms with van der Waals surface area (Å²) in [6.07, 6.45) is 2.55. The quantitative estimate of drug-likeness (QED) is 0.822. The Morgan fingerprint density at radius 2 is 2.08 bits per heavy atom. The van der Waals surface area contributed by atoms with Crippen LogP contribution in [0.15, 0.2) is 18.2 Å². The van der Waals surface area contributed by atoms with E-state index in [-0.39, 0.29) is 18.4 Å². The van der Waals surface area contributed by atoms with Crippen molar-refractivity contribution in [2.45, 2.75) is 19.4 Å². The second kappa shape index (κ2) is 7.85. The Hall–Kier alpha value is -1.80. The number of sulfonamides is 1. The summed E-state index contributed by atoms with van der Waals surface area (Å²) in [7, 11) is -0.119. The molecule has 1 unspecified atom stereocenters. The minimum Gasteiger partial charge on any atom is -0.497 e. The van der Waals surface area contributed by atoms with Gasteiger partial charge in [-0.2, -0.15) is 0 Å². The lowest BCUT2D eigenvalue weighted by molar-refractivity contribution is -0.126. The maximum atomic E-state index is 12.4. The number of amides is 1. The third-order valence-electron chi connectivity index (χ3n) is 4.16. The van der Waals surface area contributed by atoms with Gasteiger partial charge in [0.15, 0.2) is 0 Å². The molecule has 24 heavy (non-hydrogen) atoms. The molecule has 1 N–H and O–H groups in total. The Morgan fingerprint density at radius 1 is 1.33 bits per heavy atom. The summed E-state index contributed by atoms with van der Waals surface area (Å²) in [5, 5.41) is 2.87. The lowest BCUT2D eigenvalue weighted by Crippen LogP contribution is -2.44. The first-order valence-corrected chi connectivity index (χ1v) is 9.63. The number of carbonyl (C=O) groups is 1. The van der Waals surface area contributed by atoms with Crippen LogP contribution in [-0.2, 0) is 21.4 Å². The normalized spacial score (nSPS) is 18.9. The van der Waals surface area contributed by atoms with E-state index in [9.17, 15) is 13.2 Å². The molecule has 1 atom stereocenters. The van der Waals surface area contributed by atoms with Crippen molar-refractivity contribution in [2.75, 3.05) is 33.6 Å². The second-order valence-corrected chi connectivity index (χ2v) is 7.84. The highest BCUT2D eigenvalue weighted by atomic mass is 32.2. The monoisotopic (exact) mass is 356 g/mol. The first-order valence-electron chi connectivity index (χ1n) is 7.79. The van der Waals surface area contributed by atoms with E-state index in [2.05, 4.69) is 5.32 Å². The summed E-state index contributed by atoms with van der Waals surface area (Å²) in [6.45, 7) is 1.01. The molecule has 1 aliphatic rings. The molecule has 1 aromatic carbocycles. The van der Waals surface area contributed by atoms with Crippen LogP contribution in [0, 0.1) is 5.92 Å². The topological polar surface area (TPSA) is 84.9 Å². The van der Waals surface area contributed by atoms with E-state index >= 15 is 0 Å². The fourth-order valence-corrected chi connectivity index (χ4v) is 3.72. The standard InChI is InChI=1S/C16H24N2O5S/c1-22-14-6-7-15(23-2)13(9-14)10-17-16(19)12-5-4-8-18(11-12)24(3,20)21/h6-7,9,12H,4-5,8,10-11H2,1-3H3,(H,17,19). The average Bonchev–Trinajstić information content (AvgIpc) is 2.58. The van der Waals surface area contributed by atoms with E-state index in [4.69, 9.17) is 9.47 Å². The molecule has 7 nitrogen and oxygen atoms in total. The van der Waals surface area contributed by atoms with Crippen LogP contribution in [0.2, 0.25) is 0 Å². The smallest absolute Gasteiger partial charge is 0.224 e. The molecule has 0 radical (unpaired) electrons. The molecule has 1 amide bonds. The minimum absolute atomic E-state index is 0.145. The predicted octanol–water partition coefficient (Wildman–Crippen LogP) is 0.992. The van der Waals surface area contributed by atoms with Gasteiger partial charge < -0.3 is 14.8 Å². The molecule has 8 heteroatoms. The van der Waals surface area contributed by atoms with Gasteiger partial charge in [-0.3, -0.25) is 4.79 Å². The van der Waals surface area contributed by atoms with E-state index in [0.29, 0.717) is 37.4 Å². The summed E-state index contributed by atoms with van der Waals surface area (Å²) >= 11 is 0. The van der Waals surface area contributed by atoms with Gasteiger partial charge in [-0.15, -0.1) is 0 Å². The van der Waals surface area contributed by atoms with Crippen molar-refractivity contribution >= 4 is 15.9 Å². The van der Waals surface area contributed by atoms with Crippen molar-refractivity contribution in [3.63, 3.8) is 0 Å². The minimum atomic E-state index is -3.26. The summed E-state index contributed by atoms with van der Waals surface area (Å²) in [6, 6.07) is 5.38. The van der Waals surface area contributed by atoms with Crippen LogP contribution in [0.4, 0.5) is 0 Å². The van der Waals surface area contributed by atoms with Gasteiger partial charge >= 0.3 is 0 Å². The molecule has 0 saturated carbocycles. The van der Waals surface area contributed by atoms with Crippen LogP contribution in [0.5, 0.6) is 11.5 Å². The van der Waals surface area contributed by atoms with E-state index in [1.54, 1.807) is 26.4 Å². The molecule has 1 saturated heterocycles. The zero-order valence-corrected chi connectivity index (χ0v) is 15.1. The number of nitrogens with one attached hydrogen (secondary N) is 1. The van der Waals surface area contributed by atoms with E-state index in [1.807, 2.05) is 6.07 Å². The Bertz CT molecular complexity index is 690. The van der Waals surface area contributed by atoms with E-state index < -0.39 is 10.0 Å². The highest BCUT2D eigenvalue weighted by Gasteiger charge is 2.30. The Morgan fingerprint density at radius 3 is 2.71 bits per heavy atom.